The largest absolute Gasteiger partial charge is 0.494 e. The molecule has 0 aliphatic carbocycles. The van der Waals surface area contributed by atoms with Crippen LogP contribution < -0.4 is 4.74 Å². The Balaban J connectivity index is 2.37. The van der Waals surface area contributed by atoms with Gasteiger partial charge in [0.25, 0.3) is 0 Å². The molecule has 0 fully saturated rings. The third-order valence-electron chi connectivity index (χ3n) is 2.41. The number of hydrogen-bond donors (Lipinski definition) is 1. The first-order chi connectivity index (χ1) is 8.65. The van der Waals surface area contributed by atoms with Crippen molar-refractivity contribution in [3.8, 4) is 17.1 Å². The van der Waals surface area contributed by atoms with Crippen LogP contribution in [0.25, 0.3) is 11.4 Å². The lowest BCUT2D eigenvalue weighted by Crippen LogP contribution is -2.00. The summed E-state index contributed by atoms with van der Waals surface area (Å²) in [5.41, 5.74) is 0.846. The molecule has 1 aromatic carbocycles. The minimum atomic E-state index is -0.511. The first-order valence-corrected chi connectivity index (χ1v) is 5.13. The second kappa shape index (κ2) is 4.87. The van der Waals surface area contributed by atoms with Crippen molar-refractivity contribution in [1.82, 2.24) is 9.97 Å². The van der Waals surface area contributed by atoms with Gasteiger partial charge in [0.05, 0.1) is 20.4 Å². The van der Waals surface area contributed by atoms with Crippen molar-refractivity contribution in [1.29, 1.82) is 0 Å². The minimum Gasteiger partial charge on any atom is -0.494 e. The van der Waals surface area contributed by atoms with Gasteiger partial charge < -0.3 is 14.5 Å². The number of ether oxygens (including phenoxy) is 2. The molecule has 0 aliphatic heterocycles. The van der Waals surface area contributed by atoms with E-state index in [1.54, 1.807) is 0 Å². The molecule has 6 heteroatoms. The monoisotopic (exact) mass is 250 g/mol. The molecule has 94 valence electrons. The maximum absolute atomic E-state index is 13.2. The number of H-pyrrole nitrogens is 1. The van der Waals surface area contributed by atoms with E-state index in [2.05, 4.69) is 14.7 Å². The highest BCUT2D eigenvalue weighted by atomic mass is 19.1. The summed E-state index contributed by atoms with van der Waals surface area (Å²) in [5.74, 6) is -0.416. The zero-order chi connectivity index (χ0) is 13.1. The predicted molar refractivity (Wildman–Crippen MR) is 61.9 cm³/mol. The molecule has 0 spiro atoms. The third kappa shape index (κ3) is 2.17. The Kier molecular flexibility index (Phi) is 3.27. The fourth-order valence-corrected chi connectivity index (χ4v) is 1.49. The lowest BCUT2D eigenvalue weighted by molar-refractivity contribution is 0.0595. The predicted octanol–water partition coefficient (Wildman–Crippen LogP) is 2.01. The number of esters is 1. The number of nitrogens with one attached hydrogen (secondary N) is 1. The van der Waals surface area contributed by atoms with Crippen LogP contribution in [-0.2, 0) is 4.74 Å². The van der Waals surface area contributed by atoms with Crippen molar-refractivity contribution in [2.24, 2.45) is 0 Å². The van der Waals surface area contributed by atoms with Crippen LogP contribution in [0.5, 0.6) is 5.75 Å². The van der Waals surface area contributed by atoms with Gasteiger partial charge in [-0.2, -0.15) is 0 Å². The van der Waals surface area contributed by atoms with Gasteiger partial charge in [0.1, 0.15) is 11.5 Å². The van der Waals surface area contributed by atoms with E-state index in [1.165, 1.54) is 38.6 Å². The minimum absolute atomic E-state index is 0.114. The molecule has 0 aliphatic rings. The maximum Gasteiger partial charge on any atom is 0.356 e. The number of imidazole rings is 1. The number of halogens is 1. The number of carbonyl (C=O) groups is 1. The van der Waals surface area contributed by atoms with E-state index in [1.807, 2.05) is 0 Å². The van der Waals surface area contributed by atoms with E-state index in [4.69, 9.17) is 4.74 Å². The molecule has 1 heterocycles. The third-order valence-corrected chi connectivity index (χ3v) is 2.41. The van der Waals surface area contributed by atoms with Crippen molar-refractivity contribution < 1.29 is 18.7 Å². The van der Waals surface area contributed by atoms with Gasteiger partial charge in [-0.25, -0.2) is 14.2 Å². The number of carbonyl (C=O) groups excluding carboxylic acids is 1. The first-order valence-electron chi connectivity index (χ1n) is 5.13. The molecule has 2 rings (SSSR count). The van der Waals surface area contributed by atoms with Crippen molar-refractivity contribution in [3.63, 3.8) is 0 Å². The van der Waals surface area contributed by atoms with Gasteiger partial charge in [-0.05, 0) is 18.2 Å². The number of benzene rings is 1. The number of nitrogens with zero attached hydrogens (tertiary/aromatic N) is 1. The molecule has 1 N–H and O–H groups in total. The summed E-state index contributed by atoms with van der Waals surface area (Å²) in [4.78, 5) is 18.1. The molecule has 2 aromatic rings. The van der Waals surface area contributed by atoms with Crippen LogP contribution in [0.15, 0.2) is 24.4 Å². The van der Waals surface area contributed by atoms with E-state index < -0.39 is 11.8 Å². The topological polar surface area (TPSA) is 64.2 Å². The van der Waals surface area contributed by atoms with Gasteiger partial charge in [-0.3, -0.25) is 0 Å². The molecule has 0 bridgehead atoms. The lowest BCUT2D eigenvalue weighted by atomic mass is 10.2. The molecule has 18 heavy (non-hydrogen) atoms. The Labute approximate surface area is 103 Å². The summed E-state index contributed by atoms with van der Waals surface area (Å²) in [6.07, 6.45) is 1.36. The van der Waals surface area contributed by atoms with Crippen molar-refractivity contribution in [2.75, 3.05) is 14.2 Å². The zero-order valence-electron chi connectivity index (χ0n) is 9.86. The van der Waals surface area contributed by atoms with E-state index in [-0.39, 0.29) is 11.4 Å². The van der Waals surface area contributed by atoms with Crippen LogP contribution in [0, 0.1) is 5.82 Å². The number of aromatic amines is 1. The van der Waals surface area contributed by atoms with E-state index in [0.29, 0.717) is 11.4 Å². The summed E-state index contributed by atoms with van der Waals surface area (Å²) >= 11 is 0. The van der Waals surface area contributed by atoms with Crippen molar-refractivity contribution in [3.05, 3.63) is 35.9 Å². The van der Waals surface area contributed by atoms with Crippen molar-refractivity contribution >= 4 is 5.97 Å². The molecule has 1 aromatic heterocycles. The van der Waals surface area contributed by atoms with Crippen LogP contribution in [0.1, 0.15) is 10.5 Å². The molecule has 0 saturated heterocycles. The van der Waals surface area contributed by atoms with E-state index in [9.17, 15) is 9.18 Å². The summed E-state index contributed by atoms with van der Waals surface area (Å²) in [6.45, 7) is 0. The number of methoxy groups -OCH3 is 2. The first kappa shape index (κ1) is 12.1. The zero-order valence-corrected chi connectivity index (χ0v) is 9.86. The average Bonchev–Trinajstić information content (AvgIpc) is 2.88. The van der Waals surface area contributed by atoms with Gasteiger partial charge in [-0.15, -0.1) is 0 Å². The summed E-state index contributed by atoms with van der Waals surface area (Å²) in [5, 5.41) is 0. The molecule has 0 unspecified atom stereocenters. The van der Waals surface area contributed by atoms with E-state index in [0.717, 1.165) is 0 Å². The smallest absolute Gasteiger partial charge is 0.356 e. The van der Waals surface area contributed by atoms with Crippen LogP contribution in [-0.4, -0.2) is 30.2 Å². The quantitative estimate of drug-likeness (QED) is 0.846. The van der Waals surface area contributed by atoms with Crippen LogP contribution >= 0.6 is 0 Å². The molecule has 0 atom stereocenters. The highest BCUT2D eigenvalue weighted by Crippen LogP contribution is 2.24. The average molecular weight is 250 g/mol. The Morgan fingerprint density at radius 2 is 2.17 bits per heavy atom. The van der Waals surface area contributed by atoms with E-state index >= 15 is 0 Å². The van der Waals surface area contributed by atoms with Gasteiger partial charge in [0.2, 0.25) is 0 Å². The Hall–Kier alpha value is -2.37. The van der Waals surface area contributed by atoms with Crippen LogP contribution in [0.3, 0.4) is 0 Å². The number of hydrogen-bond acceptors (Lipinski definition) is 4. The Bertz CT molecular complexity index is 580. The van der Waals surface area contributed by atoms with Crippen LogP contribution in [0.4, 0.5) is 4.39 Å². The fraction of sp³-hybridized carbons (Fsp3) is 0.167. The maximum atomic E-state index is 13.2. The molecular weight excluding hydrogens is 239 g/mol. The second-order valence-corrected chi connectivity index (χ2v) is 3.49. The van der Waals surface area contributed by atoms with Crippen molar-refractivity contribution in [2.45, 2.75) is 0 Å². The van der Waals surface area contributed by atoms with Crippen LogP contribution in [0.2, 0.25) is 0 Å². The molecule has 0 amide bonds. The SMILES string of the molecule is COC(=O)c1cnc(-c2ccc(F)c(OC)c2)[nH]1. The summed E-state index contributed by atoms with van der Waals surface area (Å²) in [7, 11) is 2.66. The number of aromatic nitrogens is 2. The van der Waals surface area contributed by atoms with Gasteiger partial charge >= 0.3 is 5.97 Å². The Morgan fingerprint density at radius 1 is 1.39 bits per heavy atom. The number of rotatable bonds is 3. The fourth-order valence-electron chi connectivity index (χ4n) is 1.49. The summed E-state index contributed by atoms with van der Waals surface area (Å²) in [6, 6.07) is 4.31. The second-order valence-electron chi connectivity index (χ2n) is 3.49. The standard InChI is InChI=1S/C12H11FN2O3/c1-17-10-5-7(3-4-8(10)13)11-14-6-9(15-11)12(16)18-2/h3-6H,1-2H3,(H,14,15). The molecule has 0 radical (unpaired) electrons. The van der Waals surface area contributed by atoms with Gasteiger partial charge in [0, 0.05) is 5.56 Å². The van der Waals surface area contributed by atoms with Gasteiger partial charge in [-0.1, -0.05) is 0 Å². The molecule has 5 nitrogen and oxygen atoms in total. The normalized spacial score (nSPS) is 10.2. The van der Waals surface area contributed by atoms with Gasteiger partial charge in [0.15, 0.2) is 11.6 Å². The highest BCUT2D eigenvalue weighted by Gasteiger charge is 2.12. The molecular formula is C12H11FN2O3. The molecule has 0 saturated carbocycles. The lowest BCUT2D eigenvalue weighted by Gasteiger charge is -2.03. The highest BCUT2D eigenvalue weighted by molar-refractivity contribution is 5.87. The summed E-state index contributed by atoms with van der Waals surface area (Å²) < 4.78 is 22.7. The Morgan fingerprint density at radius 3 is 2.83 bits per heavy atom.